The first-order chi connectivity index (χ1) is 13.2. The number of nitrogens with zero attached hydrogens (tertiary/aromatic N) is 1. The summed E-state index contributed by atoms with van der Waals surface area (Å²) in [5.74, 6) is 0.572. The van der Waals surface area contributed by atoms with Gasteiger partial charge in [-0.25, -0.2) is 0 Å². The van der Waals surface area contributed by atoms with Crippen molar-refractivity contribution in [3.63, 3.8) is 0 Å². The van der Waals surface area contributed by atoms with E-state index in [1.54, 1.807) is 0 Å². The molecule has 2 aromatic carbocycles. The van der Waals surface area contributed by atoms with Crippen molar-refractivity contribution >= 4 is 8.32 Å². The lowest BCUT2D eigenvalue weighted by molar-refractivity contribution is 0.194. The van der Waals surface area contributed by atoms with Crippen molar-refractivity contribution in [1.29, 1.82) is 0 Å². The van der Waals surface area contributed by atoms with Crippen molar-refractivity contribution in [2.45, 2.75) is 65.3 Å². The van der Waals surface area contributed by atoms with E-state index >= 15 is 0 Å². The normalized spacial score (nSPS) is 13.7. The van der Waals surface area contributed by atoms with Crippen molar-refractivity contribution in [1.82, 2.24) is 4.90 Å². The molecular weight excluding hydrogens is 358 g/mol. The maximum absolute atomic E-state index is 6.44. The summed E-state index contributed by atoms with van der Waals surface area (Å²) >= 11 is 0. The molecule has 0 aliphatic carbocycles. The third-order valence-electron chi connectivity index (χ3n) is 5.97. The van der Waals surface area contributed by atoms with E-state index in [1.807, 2.05) is 0 Å². The maximum Gasteiger partial charge on any atom is 0.191 e. The first-order valence-electron chi connectivity index (χ1n) is 10.6. The second-order valence-corrected chi connectivity index (χ2v) is 14.5. The average molecular weight is 398 g/mol. The molecule has 0 aromatic heterocycles. The molecule has 2 rings (SSSR count). The molecule has 0 aliphatic rings. The summed E-state index contributed by atoms with van der Waals surface area (Å²) in [6.07, 6.45) is 1.16. The third-order valence-corrected chi connectivity index (χ3v) is 10.5. The summed E-state index contributed by atoms with van der Waals surface area (Å²) in [6.45, 7) is 17.9. The van der Waals surface area contributed by atoms with Crippen LogP contribution in [0.2, 0.25) is 18.1 Å². The van der Waals surface area contributed by atoms with E-state index in [2.05, 4.69) is 106 Å². The van der Waals surface area contributed by atoms with Gasteiger partial charge in [0, 0.05) is 19.7 Å². The highest BCUT2D eigenvalue weighted by molar-refractivity contribution is 6.74. The largest absolute Gasteiger partial charge is 0.417 e. The summed E-state index contributed by atoms with van der Waals surface area (Å²) in [4.78, 5) is 2.56. The Labute approximate surface area is 174 Å². The Bertz CT molecular complexity index is 637. The number of hydrogen-bond donors (Lipinski definition) is 0. The third kappa shape index (κ3) is 7.54. The molecule has 154 valence electrons. The van der Waals surface area contributed by atoms with Crippen LogP contribution in [0.1, 0.15) is 45.2 Å². The van der Waals surface area contributed by atoms with Crippen LogP contribution >= 0.6 is 0 Å². The van der Waals surface area contributed by atoms with E-state index in [0.29, 0.717) is 5.92 Å². The minimum atomic E-state index is -1.66. The first-order valence-corrected chi connectivity index (χ1v) is 13.5. The quantitative estimate of drug-likeness (QED) is 0.412. The van der Waals surface area contributed by atoms with Gasteiger partial charge in [-0.2, -0.15) is 0 Å². The molecule has 0 saturated carbocycles. The summed E-state index contributed by atoms with van der Waals surface area (Å²) in [5, 5.41) is 0.277. The fraction of sp³-hybridized carbons (Fsp3) is 0.520. The first kappa shape index (κ1) is 22.9. The lowest BCUT2D eigenvalue weighted by Gasteiger charge is -2.37. The van der Waals surface area contributed by atoms with Gasteiger partial charge in [-0.1, -0.05) is 88.4 Å². The molecule has 0 saturated heterocycles. The zero-order valence-electron chi connectivity index (χ0n) is 18.7. The summed E-state index contributed by atoms with van der Waals surface area (Å²) < 4.78 is 6.44. The van der Waals surface area contributed by atoms with Crippen molar-refractivity contribution in [2.75, 3.05) is 13.2 Å². The average Bonchev–Trinajstić information content (AvgIpc) is 2.65. The maximum atomic E-state index is 6.44. The van der Waals surface area contributed by atoms with Gasteiger partial charge in [0.2, 0.25) is 0 Å². The smallest absolute Gasteiger partial charge is 0.191 e. The van der Waals surface area contributed by atoms with Gasteiger partial charge >= 0.3 is 0 Å². The van der Waals surface area contributed by atoms with Crippen LogP contribution in [0.25, 0.3) is 0 Å². The van der Waals surface area contributed by atoms with Crippen molar-refractivity contribution < 1.29 is 4.43 Å². The van der Waals surface area contributed by atoms with Gasteiger partial charge in [-0.05, 0) is 48.1 Å². The van der Waals surface area contributed by atoms with Gasteiger partial charge in [-0.3, -0.25) is 4.90 Å². The summed E-state index contributed by atoms with van der Waals surface area (Å²) in [5.41, 5.74) is 2.76. The summed E-state index contributed by atoms with van der Waals surface area (Å²) in [6, 6.07) is 21.6. The minimum Gasteiger partial charge on any atom is -0.417 e. The predicted octanol–water partition coefficient (Wildman–Crippen LogP) is 6.74. The summed E-state index contributed by atoms with van der Waals surface area (Å²) in [7, 11) is -1.66. The fourth-order valence-electron chi connectivity index (χ4n) is 2.95. The SMILES string of the molecule is CC(CCN(Cc1ccccc1)Cc1ccccc1)CO[Si](C)(C)C(C)(C)C. The molecule has 2 aromatic rings. The van der Waals surface area contributed by atoms with E-state index in [-0.39, 0.29) is 5.04 Å². The lowest BCUT2D eigenvalue weighted by Crippen LogP contribution is -2.42. The van der Waals surface area contributed by atoms with Crippen molar-refractivity contribution in [3.8, 4) is 0 Å². The molecule has 0 N–H and O–H groups in total. The molecule has 1 atom stereocenters. The zero-order valence-corrected chi connectivity index (χ0v) is 19.7. The molecule has 0 bridgehead atoms. The Morgan fingerprint density at radius 2 is 1.32 bits per heavy atom. The molecule has 0 heterocycles. The molecule has 2 nitrogen and oxygen atoms in total. The zero-order chi connectivity index (χ0) is 20.6. The molecule has 0 aliphatic heterocycles. The highest BCUT2D eigenvalue weighted by Crippen LogP contribution is 2.36. The number of rotatable bonds is 10. The Morgan fingerprint density at radius 3 is 1.75 bits per heavy atom. The van der Waals surface area contributed by atoms with Gasteiger partial charge in [-0.15, -0.1) is 0 Å². The van der Waals surface area contributed by atoms with Crippen LogP contribution in [0.15, 0.2) is 60.7 Å². The highest BCUT2D eigenvalue weighted by Gasteiger charge is 2.37. The van der Waals surface area contributed by atoms with Gasteiger partial charge in [0.05, 0.1) is 0 Å². The lowest BCUT2D eigenvalue weighted by atomic mass is 10.1. The van der Waals surface area contributed by atoms with E-state index in [1.165, 1.54) is 11.1 Å². The Balaban J connectivity index is 1.92. The van der Waals surface area contributed by atoms with E-state index in [4.69, 9.17) is 4.43 Å². The molecule has 0 amide bonds. The van der Waals surface area contributed by atoms with Gasteiger partial charge in [0.15, 0.2) is 8.32 Å². The Kier molecular flexibility index (Phi) is 8.48. The molecule has 1 unspecified atom stereocenters. The minimum absolute atomic E-state index is 0.277. The van der Waals surface area contributed by atoms with E-state index in [0.717, 1.165) is 32.7 Å². The second-order valence-electron chi connectivity index (χ2n) is 9.65. The van der Waals surface area contributed by atoms with Gasteiger partial charge in [0.1, 0.15) is 0 Å². The Hall–Kier alpha value is -1.42. The van der Waals surface area contributed by atoms with Crippen LogP contribution in [0.4, 0.5) is 0 Å². The number of hydrogen-bond acceptors (Lipinski definition) is 2. The molecule has 3 heteroatoms. The predicted molar refractivity (Wildman–Crippen MR) is 124 cm³/mol. The Morgan fingerprint density at radius 1 is 0.857 bits per heavy atom. The topological polar surface area (TPSA) is 12.5 Å². The standard InChI is InChI=1S/C25H39NOSi/c1-22(21-27-28(5,6)25(2,3)4)17-18-26(19-23-13-9-7-10-14-23)20-24-15-11-8-12-16-24/h7-16,22H,17-21H2,1-6H3. The molecule has 0 fully saturated rings. The van der Waals surface area contributed by atoms with Crippen molar-refractivity contribution in [2.24, 2.45) is 5.92 Å². The van der Waals surface area contributed by atoms with Crippen LogP contribution < -0.4 is 0 Å². The van der Waals surface area contributed by atoms with Crippen molar-refractivity contribution in [3.05, 3.63) is 71.8 Å². The van der Waals surface area contributed by atoms with E-state index < -0.39 is 8.32 Å². The van der Waals surface area contributed by atoms with Crippen LogP contribution in [-0.2, 0) is 17.5 Å². The number of benzene rings is 2. The highest BCUT2D eigenvalue weighted by atomic mass is 28.4. The molecular formula is C25H39NOSi. The van der Waals surface area contributed by atoms with Gasteiger partial charge < -0.3 is 4.43 Å². The molecule has 0 spiro atoms. The molecule has 28 heavy (non-hydrogen) atoms. The van der Waals surface area contributed by atoms with Crippen LogP contribution in [0.3, 0.4) is 0 Å². The van der Waals surface area contributed by atoms with Crippen LogP contribution in [0.5, 0.6) is 0 Å². The van der Waals surface area contributed by atoms with Gasteiger partial charge in [0.25, 0.3) is 0 Å². The van der Waals surface area contributed by atoms with E-state index in [9.17, 15) is 0 Å². The fourth-order valence-corrected chi connectivity index (χ4v) is 4.08. The van der Waals surface area contributed by atoms with Crippen LogP contribution in [0, 0.1) is 5.92 Å². The second kappa shape index (κ2) is 10.4. The molecule has 0 radical (unpaired) electrons. The monoisotopic (exact) mass is 397 g/mol. The van der Waals surface area contributed by atoms with Crippen LogP contribution in [-0.4, -0.2) is 26.4 Å².